The Morgan fingerprint density at radius 3 is 2.89 bits per heavy atom. The molecule has 3 aromatic rings. The van der Waals surface area contributed by atoms with Crippen molar-refractivity contribution in [2.45, 2.75) is 0 Å². The van der Waals surface area contributed by atoms with Crippen LogP contribution in [0.1, 0.15) is 10.4 Å². The van der Waals surface area contributed by atoms with Crippen molar-refractivity contribution in [3.63, 3.8) is 0 Å². The summed E-state index contributed by atoms with van der Waals surface area (Å²) in [7, 11) is 0. The Hall–Kier alpha value is -2.76. The number of rotatable bonds is 2. The third-order valence-corrected chi connectivity index (χ3v) is 2.47. The van der Waals surface area contributed by atoms with Gasteiger partial charge in [0.1, 0.15) is 0 Å². The van der Waals surface area contributed by atoms with E-state index >= 15 is 0 Å². The van der Waals surface area contributed by atoms with Crippen molar-refractivity contribution in [1.29, 1.82) is 0 Å². The second-order valence-corrected chi connectivity index (χ2v) is 3.69. The van der Waals surface area contributed by atoms with Gasteiger partial charge in [0, 0.05) is 18.0 Å². The van der Waals surface area contributed by atoms with Crippen LogP contribution in [-0.4, -0.2) is 25.8 Å². The molecule has 0 saturated carbocycles. The van der Waals surface area contributed by atoms with E-state index in [0.29, 0.717) is 16.9 Å². The van der Waals surface area contributed by atoms with E-state index in [0.717, 1.165) is 5.52 Å². The number of pyridine rings is 2. The summed E-state index contributed by atoms with van der Waals surface area (Å²) >= 11 is 0. The molecule has 0 radical (unpaired) electrons. The van der Waals surface area contributed by atoms with Gasteiger partial charge in [0.15, 0.2) is 5.65 Å². The molecule has 0 fully saturated rings. The van der Waals surface area contributed by atoms with Crippen LogP contribution < -0.4 is 5.32 Å². The predicted molar refractivity (Wildman–Crippen MR) is 66.1 cm³/mol. The molecular formula is C12H9N5O. The van der Waals surface area contributed by atoms with E-state index in [-0.39, 0.29) is 5.91 Å². The average Bonchev–Trinajstić information content (AvgIpc) is 2.87. The first-order valence-corrected chi connectivity index (χ1v) is 5.33. The highest BCUT2D eigenvalue weighted by atomic mass is 16.1. The van der Waals surface area contributed by atoms with Crippen molar-refractivity contribution in [1.82, 2.24) is 19.9 Å². The Balaban J connectivity index is 1.86. The summed E-state index contributed by atoms with van der Waals surface area (Å²) in [6, 6.07) is 5.09. The normalized spacial score (nSPS) is 10.4. The number of nitrogens with one attached hydrogen (secondary N) is 2. The van der Waals surface area contributed by atoms with E-state index in [1.54, 1.807) is 43.1 Å². The van der Waals surface area contributed by atoms with Crippen molar-refractivity contribution in [2.24, 2.45) is 0 Å². The Kier molecular flexibility index (Phi) is 2.45. The second kappa shape index (κ2) is 4.25. The molecule has 2 N–H and O–H groups in total. The largest absolute Gasteiger partial charge is 0.343 e. The molecule has 6 heteroatoms. The number of nitrogens with zero attached hydrogens (tertiary/aromatic N) is 3. The predicted octanol–water partition coefficient (Wildman–Crippen LogP) is 1.61. The van der Waals surface area contributed by atoms with Crippen molar-refractivity contribution in [2.75, 3.05) is 5.32 Å². The van der Waals surface area contributed by atoms with E-state index in [1.807, 2.05) is 0 Å². The zero-order valence-electron chi connectivity index (χ0n) is 9.29. The minimum absolute atomic E-state index is 0.196. The molecular weight excluding hydrogens is 230 g/mol. The summed E-state index contributed by atoms with van der Waals surface area (Å²) in [5.74, 6) is -0.196. The molecule has 0 atom stereocenters. The molecule has 18 heavy (non-hydrogen) atoms. The van der Waals surface area contributed by atoms with Gasteiger partial charge >= 0.3 is 0 Å². The lowest BCUT2D eigenvalue weighted by Crippen LogP contribution is -2.11. The summed E-state index contributed by atoms with van der Waals surface area (Å²) in [6.45, 7) is 0. The molecule has 0 saturated heterocycles. The van der Waals surface area contributed by atoms with Crippen LogP contribution in [0.25, 0.3) is 11.2 Å². The molecule has 0 bridgehead atoms. The Morgan fingerprint density at radius 1 is 1.22 bits per heavy atom. The first-order valence-electron chi connectivity index (χ1n) is 5.33. The van der Waals surface area contributed by atoms with Gasteiger partial charge in [-0.3, -0.25) is 9.78 Å². The minimum Gasteiger partial charge on any atom is -0.343 e. The van der Waals surface area contributed by atoms with Crippen LogP contribution in [0.3, 0.4) is 0 Å². The van der Waals surface area contributed by atoms with Crippen LogP contribution in [0.4, 0.5) is 5.69 Å². The van der Waals surface area contributed by atoms with Gasteiger partial charge in [0.25, 0.3) is 5.91 Å². The van der Waals surface area contributed by atoms with Crippen LogP contribution in [0.2, 0.25) is 0 Å². The molecule has 0 aliphatic carbocycles. The lowest BCUT2D eigenvalue weighted by atomic mass is 10.2. The van der Waals surface area contributed by atoms with Gasteiger partial charge in [-0.2, -0.15) is 0 Å². The topological polar surface area (TPSA) is 83.6 Å². The number of amides is 1. The third kappa shape index (κ3) is 1.91. The van der Waals surface area contributed by atoms with Gasteiger partial charge in [-0.1, -0.05) is 0 Å². The molecule has 1 amide bonds. The van der Waals surface area contributed by atoms with Gasteiger partial charge < -0.3 is 10.3 Å². The number of hydrogen-bond acceptors (Lipinski definition) is 4. The molecule has 0 aromatic carbocycles. The highest BCUT2D eigenvalue weighted by molar-refractivity contribution is 6.04. The molecule has 3 aromatic heterocycles. The number of aromatic amines is 1. The highest BCUT2D eigenvalue weighted by Gasteiger charge is 2.06. The molecule has 6 nitrogen and oxygen atoms in total. The van der Waals surface area contributed by atoms with Crippen LogP contribution in [0.15, 0.2) is 43.1 Å². The van der Waals surface area contributed by atoms with Gasteiger partial charge in [-0.25, -0.2) is 9.97 Å². The van der Waals surface area contributed by atoms with E-state index in [2.05, 4.69) is 25.3 Å². The lowest BCUT2D eigenvalue weighted by molar-refractivity contribution is 0.102. The van der Waals surface area contributed by atoms with Gasteiger partial charge in [0.05, 0.1) is 23.7 Å². The Morgan fingerprint density at radius 2 is 2.06 bits per heavy atom. The number of carbonyl (C=O) groups is 1. The Labute approximate surface area is 102 Å². The van der Waals surface area contributed by atoms with E-state index in [9.17, 15) is 4.79 Å². The third-order valence-electron chi connectivity index (χ3n) is 2.47. The number of imidazole rings is 1. The zero-order chi connectivity index (χ0) is 12.4. The molecule has 0 spiro atoms. The lowest BCUT2D eigenvalue weighted by Gasteiger charge is -2.04. The highest BCUT2D eigenvalue weighted by Crippen LogP contribution is 2.13. The first-order chi connectivity index (χ1) is 8.83. The van der Waals surface area contributed by atoms with Crippen molar-refractivity contribution >= 4 is 22.8 Å². The first kappa shape index (κ1) is 10.4. The molecule has 0 aliphatic heterocycles. The van der Waals surface area contributed by atoms with Crippen LogP contribution in [0.5, 0.6) is 0 Å². The van der Waals surface area contributed by atoms with Gasteiger partial charge in [-0.05, 0) is 18.2 Å². The number of anilines is 1. The molecule has 3 heterocycles. The summed E-state index contributed by atoms with van der Waals surface area (Å²) in [5, 5.41) is 2.76. The molecule has 0 aliphatic rings. The van der Waals surface area contributed by atoms with Crippen molar-refractivity contribution in [3.8, 4) is 0 Å². The summed E-state index contributed by atoms with van der Waals surface area (Å²) in [6.07, 6.45) is 6.28. The monoisotopic (exact) mass is 239 g/mol. The summed E-state index contributed by atoms with van der Waals surface area (Å²) < 4.78 is 0. The van der Waals surface area contributed by atoms with Gasteiger partial charge in [-0.15, -0.1) is 0 Å². The van der Waals surface area contributed by atoms with Gasteiger partial charge in [0.2, 0.25) is 0 Å². The molecule has 0 unspecified atom stereocenters. The zero-order valence-corrected chi connectivity index (χ0v) is 9.29. The maximum absolute atomic E-state index is 11.9. The maximum Gasteiger partial charge on any atom is 0.255 e. The van der Waals surface area contributed by atoms with Crippen LogP contribution >= 0.6 is 0 Å². The van der Waals surface area contributed by atoms with Crippen LogP contribution in [-0.2, 0) is 0 Å². The number of H-pyrrole nitrogens is 1. The quantitative estimate of drug-likeness (QED) is 0.711. The Bertz CT molecular complexity index is 692. The van der Waals surface area contributed by atoms with E-state index in [4.69, 9.17) is 0 Å². The molecule has 3 rings (SSSR count). The molecule has 88 valence electrons. The number of fused-ring (bicyclic) bond motifs is 1. The van der Waals surface area contributed by atoms with E-state index in [1.165, 1.54) is 0 Å². The standard InChI is InChI=1S/C12H9N5O/c18-12(8-1-3-13-4-2-8)17-9-5-10-11(14-6-9)16-7-15-10/h1-7H,(H,17,18)(H,14,15,16). The average molecular weight is 239 g/mol. The SMILES string of the molecule is O=C(Nc1cnc2nc[nH]c2c1)c1ccncc1. The summed E-state index contributed by atoms with van der Waals surface area (Å²) in [5.41, 5.74) is 2.57. The van der Waals surface area contributed by atoms with Crippen LogP contribution in [0, 0.1) is 0 Å². The maximum atomic E-state index is 11.9. The summed E-state index contributed by atoms with van der Waals surface area (Å²) in [4.78, 5) is 26.8. The minimum atomic E-state index is -0.196. The number of aromatic nitrogens is 4. The smallest absolute Gasteiger partial charge is 0.255 e. The fourth-order valence-corrected chi connectivity index (χ4v) is 1.60. The van der Waals surface area contributed by atoms with Crippen molar-refractivity contribution in [3.05, 3.63) is 48.7 Å². The van der Waals surface area contributed by atoms with E-state index < -0.39 is 0 Å². The second-order valence-electron chi connectivity index (χ2n) is 3.69. The number of hydrogen-bond donors (Lipinski definition) is 2. The van der Waals surface area contributed by atoms with Crippen molar-refractivity contribution < 1.29 is 4.79 Å². The fraction of sp³-hybridized carbons (Fsp3) is 0. The number of carbonyl (C=O) groups excluding carboxylic acids is 1. The fourth-order valence-electron chi connectivity index (χ4n) is 1.60.